The minimum atomic E-state index is -0.0896. The molecule has 0 atom stereocenters. The zero-order chi connectivity index (χ0) is 16.3. The van der Waals surface area contributed by atoms with Crippen LogP contribution in [-0.2, 0) is 16.1 Å². The average molecular weight is 351 g/mol. The first-order valence-corrected chi connectivity index (χ1v) is 7.55. The van der Waals surface area contributed by atoms with Crippen molar-refractivity contribution in [1.29, 1.82) is 0 Å². The number of hydrogen-bond donors (Lipinski definition) is 2. The highest BCUT2D eigenvalue weighted by molar-refractivity contribution is 5.92. The highest BCUT2D eigenvalue weighted by atomic mass is 35.5. The Morgan fingerprint density at radius 1 is 1.04 bits per heavy atom. The second-order valence-corrected chi connectivity index (χ2v) is 4.98. The molecule has 2 aromatic rings. The number of methoxy groups -OCH3 is 1. The number of hydrogen-bond acceptors (Lipinski definition) is 4. The van der Waals surface area contributed by atoms with E-state index in [0.717, 1.165) is 17.0 Å². The largest absolute Gasteiger partial charge is 0.489 e. The molecule has 0 saturated carbocycles. The third kappa shape index (κ3) is 7.00. The first-order valence-electron chi connectivity index (χ1n) is 7.55. The molecule has 0 aliphatic heterocycles. The molecule has 6 heteroatoms. The summed E-state index contributed by atoms with van der Waals surface area (Å²) in [5.74, 6) is 0.711. The fourth-order valence-corrected chi connectivity index (χ4v) is 2.02. The Hall–Kier alpha value is -2.08. The van der Waals surface area contributed by atoms with Crippen LogP contribution in [0.5, 0.6) is 5.75 Å². The van der Waals surface area contributed by atoms with Gasteiger partial charge >= 0.3 is 0 Å². The topological polar surface area (TPSA) is 59.6 Å². The van der Waals surface area contributed by atoms with E-state index in [1.165, 1.54) is 0 Å². The van der Waals surface area contributed by atoms with Gasteiger partial charge in [-0.1, -0.05) is 36.4 Å². The maximum atomic E-state index is 11.9. The highest BCUT2D eigenvalue weighted by Crippen LogP contribution is 2.18. The summed E-state index contributed by atoms with van der Waals surface area (Å²) in [5.41, 5.74) is 1.70. The van der Waals surface area contributed by atoms with Crippen LogP contribution in [0.25, 0.3) is 0 Å². The molecular formula is C18H23ClN2O3. The normalized spacial score (nSPS) is 9.88. The number of anilines is 1. The van der Waals surface area contributed by atoms with Crippen LogP contribution in [-0.4, -0.2) is 32.7 Å². The Kier molecular flexibility index (Phi) is 9.53. The molecule has 0 spiro atoms. The third-order valence-corrected chi connectivity index (χ3v) is 3.20. The Bertz CT molecular complexity index is 608. The quantitative estimate of drug-likeness (QED) is 0.683. The number of ether oxygens (including phenoxy) is 2. The molecule has 0 unspecified atom stereocenters. The summed E-state index contributed by atoms with van der Waals surface area (Å²) in [6.45, 7) is 1.87. The van der Waals surface area contributed by atoms with Crippen LogP contribution < -0.4 is 15.4 Å². The molecule has 2 aromatic carbocycles. The minimum Gasteiger partial charge on any atom is -0.489 e. The first kappa shape index (κ1) is 20.0. The fraction of sp³-hybridized carbons (Fsp3) is 0.278. The van der Waals surface area contributed by atoms with Gasteiger partial charge in [-0.2, -0.15) is 0 Å². The Labute approximate surface area is 148 Å². The van der Waals surface area contributed by atoms with Gasteiger partial charge in [0.1, 0.15) is 12.4 Å². The molecule has 2 rings (SSSR count). The lowest BCUT2D eigenvalue weighted by Gasteiger charge is -2.12. The van der Waals surface area contributed by atoms with Gasteiger partial charge in [0.05, 0.1) is 13.2 Å². The lowest BCUT2D eigenvalue weighted by Crippen LogP contribution is -2.30. The smallest absolute Gasteiger partial charge is 0.238 e. The van der Waals surface area contributed by atoms with Crippen LogP contribution in [0.15, 0.2) is 54.6 Å². The van der Waals surface area contributed by atoms with Crippen LogP contribution in [0.1, 0.15) is 5.56 Å². The molecule has 24 heavy (non-hydrogen) atoms. The van der Waals surface area contributed by atoms with Gasteiger partial charge in [-0.25, -0.2) is 0 Å². The van der Waals surface area contributed by atoms with Crippen molar-refractivity contribution >= 4 is 24.0 Å². The maximum Gasteiger partial charge on any atom is 0.238 e. The molecule has 5 nitrogen and oxygen atoms in total. The molecule has 0 heterocycles. The van der Waals surface area contributed by atoms with E-state index in [-0.39, 0.29) is 24.9 Å². The van der Waals surface area contributed by atoms with E-state index in [1.807, 2.05) is 54.6 Å². The number of carbonyl (C=O) groups excluding carboxylic acids is 1. The van der Waals surface area contributed by atoms with Crippen molar-refractivity contribution in [3.63, 3.8) is 0 Å². The average Bonchev–Trinajstić information content (AvgIpc) is 2.59. The van der Waals surface area contributed by atoms with Gasteiger partial charge in [0, 0.05) is 24.9 Å². The van der Waals surface area contributed by atoms with Crippen molar-refractivity contribution in [3.8, 4) is 5.75 Å². The lowest BCUT2D eigenvalue weighted by atomic mass is 10.2. The van der Waals surface area contributed by atoms with Gasteiger partial charge in [-0.15, -0.1) is 12.4 Å². The predicted molar refractivity (Wildman–Crippen MR) is 97.8 cm³/mol. The van der Waals surface area contributed by atoms with Crippen LogP contribution in [0.3, 0.4) is 0 Å². The van der Waals surface area contributed by atoms with Crippen molar-refractivity contribution < 1.29 is 14.3 Å². The summed E-state index contributed by atoms with van der Waals surface area (Å²) in [6.07, 6.45) is 0. The molecule has 0 aliphatic rings. The number of halogens is 1. The zero-order valence-electron chi connectivity index (χ0n) is 13.7. The second kappa shape index (κ2) is 11.5. The number of nitrogens with one attached hydrogen (secondary N) is 2. The summed E-state index contributed by atoms with van der Waals surface area (Å²) in [5, 5.41) is 5.92. The molecule has 1 amide bonds. The van der Waals surface area contributed by atoms with E-state index in [2.05, 4.69) is 10.6 Å². The van der Waals surface area contributed by atoms with E-state index in [9.17, 15) is 4.79 Å². The van der Waals surface area contributed by atoms with E-state index >= 15 is 0 Å². The lowest BCUT2D eigenvalue weighted by molar-refractivity contribution is -0.115. The first-order chi connectivity index (χ1) is 11.3. The molecule has 0 aromatic heterocycles. The monoisotopic (exact) mass is 350 g/mol. The summed E-state index contributed by atoms with van der Waals surface area (Å²) >= 11 is 0. The summed E-state index contributed by atoms with van der Waals surface area (Å²) in [4.78, 5) is 11.9. The number of para-hydroxylation sites is 2. The predicted octanol–water partition coefficient (Wildman–Crippen LogP) is 2.86. The number of carbonyl (C=O) groups is 1. The van der Waals surface area contributed by atoms with Gasteiger partial charge in [0.15, 0.2) is 0 Å². The third-order valence-electron chi connectivity index (χ3n) is 3.20. The van der Waals surface area contributed by atoms with E-state index in [4.69, 9.17) is 9.47 Å². The maximum absolute atomic E-state index is 11.9. The fourth-order valence-electron chi connectivity index (χ4n) is 2.02. The number of amides is 1. The Morgan fingerprint density at radius 3 is 2.50 bits per heavy atom. The van der Waals surface area contributed by atoms with Crippen LogP contribution in [0, 0.1) is 0 Å². The van der Waals surface area contributed by atoms with Gasteiger partial charge in [-0.3, -0.25) is 4.79 Å². The van der Waals surface area contributed by atoms with Crippen molar-refractivity contribution in [2.45, 2.75) is 6.61 Å². The Morgan fingerprint density at radius 2 is 1.75 bits per heavy atom. The van der Waals surface area contributed by atoms with E-state index in [1.54, 1.807) is 7.11 Å². The van der Waals surface area contributed by atoms with Crippen LogP contribution >= 0.6 is 12.4 Å². The van der Waals surface area contributed by atoms with E-state index < -0.39 is 0 Å². The summed E-state index contributed by atoms with van der Waals surface area (Å²) in [7, 11) is 1.63. The van der Waals surface area contributed by atoms with Crippen molar-refractivity contribution in [2.75, 3.05) is 32.1 Å². The molecule has 0 radical (unpaired) electrons. The van der Waals surface area contributed by atoms with Crippen molar-refractivity contribution in [3.05, 3.63) is 60.2 Å². The molecule has 0 fully saturated rings. The number of rotatable bonds is 9. The highest BCUT2D eigenvalue weighted by Gasteiger charge is 2.07. The van der Waals surface area contributed by atoms with Crippen molar-refractivity contribution in [2.24, 2.45) is 0 Å². The van der Waals surface area contributed by atoms with E-state index in [0.29, 0.717) is 19.8 Å². The molecular weight excluding hydrogens is 328 g/mol. The van der Waals surface area contributed by atoms with Gasteiger partial charge in [-0.05, 0) is 18.2 Å². The van der Waals surface area contributed by atoms with Crippen LogP contribution in [0.4, 0.5) is 5.69 Å². The van der Waals surface area contributed by atoms with Gasteiger partial charge in [0.2, 0.25) is 5.91 Å². The molecule has 0 saturated heterocycles. The second-order valence-electron chi connectivity index (χ2n) is 4.98. The SMILES string of the molecule is COCCNCC(=O)Nc1ccccc1COc1ccccc1.Cl. The standard InChI is InChI=1S/C18H22N2O3.ClH/c1-22-12-11-19-13-18(21)20-17-10-6-5-7-15(17)14-23-16-8-3-2-4-9-16;/h2-10,19H,11-14H2,1H3,(H,20,21);1H. The molecule has 0 aliphatic carbocycles. The minimum absolute atomic E-state index is 0. The molecule has 2 N–H and O–H groups in total. The van der Waals surface area contributed by atoms with Gasteiger partial charge < -0.3 is 20.1 Å². The number of benzene rings is 2. The Balaban J connectivity index is 0.00000288. The van der Waals surface area contributed by atoms with Gasteiger partial charge in [0.25, 0.3) is 0 Å². The zero-order valence-corrected chi connectivity index (χ0v) is 14.5. The summed E-state index contributed by atoms with van der Waals surface area (Å²) < 4.78 is 10.7. The van der Waals surface area contributed by atoms with Crippen molar-refractivity contribution in [1.82, 2.24) is 5.32 Å². The molecule has 130 valence electrons. The summed E-state index contributed by atoms with van der Waals surface area (Å²) in [6, 6.07) is 17.2. The van der Waals surface area contributed by atoms with Crippen LogP contribution in [0.2, 0.25) is 0 Å². The molecule has 0 bridgehead atoms.